The fourth-order valence-electron chi connectivity index (χ4n) is 3.45. The molecule has 0 N–H and O–H groups in total. The average Bonchev–Trinajstić information content (AvgIpc) is 2.84. The van der Waals surface area contributed by atoms with Crippen molar-refractivity contribution in [2.45, 2.75) is 65.7 Å². The van der Waals surface area contributed by atoms with Crippen molar-refractivity contribution in [3.05, 3.63) is 64.2 Å². The third kappa shape index (κ3) is 3.20. The summed E-state index contributed by atoms with van der Waals surface area (Å²) in [5, 5.41) is 0. The van der Waals surface area contributed by atoms with Gasteiger partial charge in [0, 0.05) is 0 Å². The van der Waals surface area contributed by atoms with Crippen molar-refractivity contribution in [2.24, 2.45) is 0 Å². The molecule has 0 heteroatoms. The van der Waals surface area contributed by atoms with Crippen molar-refractivity contribution >= 4 is 6.08 Å². The molecule has 0 atom stereocenters. The normalized spacial score (nSPS) is 14.5. The molecule has 2 aromatic rings. The SMILES string of the molecule is CC1=Cc2c(cc(C(C)(C)C)cc2-c2ccc(C(C)(C)C)cc2)C1. The van der Waals surface area contributed by atoms with Crippen molar-refractivity contribution in [3.63, 3.8) is 0 Å². The predicted octanol–water partition coefficient (Wildman–Crippen LogP) is 6.91. The third-order valence-corrected chi connectivity index (χ3v) is 5.05. The zero-order valence-corrected chi connectivity index (χ0v) is 16.2. The maximum atomic E-state index is 2.41. The summed E-state index contributed by atoms with van der Waals surface area (Å²) in [5.74, 6) is 0. The van der Waals surface area contributed by atoms with E-state index in [9.17, 15) is 0 Å². The van der Waals surface area contributed by atoms with Crippen LogP contribution in [-0.2, 0) is 17.3 Å². The zero-order valence-electron chi connectivity index (χ0n) is 16.2. The summed E-state index contributed by atoms with van der Waals surface area (Å²) < 4.78 is 0. The van der Waals surface area contributed by atoms with Gasteiger partial charge in [-0.15, -0.1) is 0 Å². The quantitative estimate of drug-likeness (QED) is 0.536. The average molecular weight is 319 g/mol. The lowest BCUT2D eigenvalue weighted by atomic mass is 9.82. The van der Waals surface area contributed by atoms with Crippen LogP contribution < -0.4 is 0 Å². The molecule has 1 aliphatic rings. The first-order chi connectivity index (χ1) is 11.1. The molecular formula is C24H30. The van der Waals surface area contributed by atoms with E-state index >= 15 is 0 Å². The Hall–Kier alpha value is -1.82. The molecule has 0 nitrogen and oxygen atoms in total. The summed E-state index contributed by atoms with van der Waals surface area (Å²) in [6, 6.07) is 14.0. The largest absolute Gasteiger partial charge is 0.0683 e. The van der Waals surface area contributed by atoms with Gasteiger partial charge in [0.2, 0.25) is 0 Å². The first-order valence-corrected chi connectivity index (χ1v) is 9.01. The van der Waals surface area contributed by atoms with E-state index in [2.05, 4.69) is 90.9 Å². The minimum atomic E-state index is 0.172. The molecule has 0 bridgehead atoms. The minimum Gasteiger partial charge on any atom is -0.0683 e. The van der Waals surface area contributed by atoms with Gasteiger partial charge in [-0.3, -0.25) is 0 Å². The Bertz CT molecular complexity index is 788. The molecule has 0 aromatic heterocycles. The van der Waals surface area contributed by atoms with Gasteiger partial charge in [0.1, 0.15) is 0 Å². The number of hydrogen-bond acceptors (Lipinski definition) is 0. The van der Waals surface area contributed by atoms with E-state index < -0.39 is 0 Å². The summed E-state index contributed by atoms with van der Waals surface area (Å²) in [4.78, 5) is 0. The van der Waals surface area contributed by atoms with E-state index in [-0.39, 0.29) is 10.8 Å². The Morgan fingerprint density at radius 3 is 1.88 bits per heavy atom. The third-order valence-electron chi connectivity index (χ3n) is 5.05. The second-order valence-electron chi connectivity index (χ2n) is 9.34. The van der Waals surface area contributed by atoms with E-state index in [0.717, 1.165) is 6.42 Å². The minimum absolute atomic E-state index is 0.172. The molecule has 126 valence electrons. The molecule has 0 saturated carbocycles. The molecule has 0 saturated heterocycles. The Labute approximate surface area is 147 Å². The number of rotatable bonds is 1. The smallest absolute Gasteiger partial charge is 0.00603 e. The standard InChI is InChI=1S/C24H30/c1-16-12-18-14-20(24(5,6)7)15-22(21(18)13-16)17-8-10-19(11-9-17)23(2,3)4/h8-11,13-15H,12H2,1-7H3. The molecule has 2 aromatic carbocycles. The van der Waals surface area contributed by atoms with Gasteiger partial charge in [-0.25, -0.2) is 0 Å². The van der Waals surface area contributed by atoms with Crippen LogP contribution in [0, 0.1) is 0 Å². The van der Waals surface area contributed by atoms with Gasteiger partial charge in [0.15, 0.2) is 0 Å². The van der Waals surface area contributed by atoms with Crippen molar-refractivity contribution in [1.82, 2.24) is 0 Å². The number of benzene rings is 2. The van der Waals surface area contributed by atoms with Gasteiger partial charge in [0.05, 0.1) is 0 Å². The van der Waals surface area contributed by atoms with Crippen LogP contribution in [-0.4, -0.2) is 0 Å². The highest BCUT2D eigenvalue weighted by molar-refractivity contribution is 5.81. The van der Waals surface area contributed by atoms with Crippen LogP contribution in [0.3, 0.4) is 0 Å². The lowest BCUT2D eigenvalue weighted by Gasteiger charge is -2.23. The van der Waals surface area contributed by atoms with Crippen LogP contribution in [0.4, 0.5) is 0 Å². The van der Waals surface area contributed by atoms with Crippen LogP contribution in [0.25, 0.3) is 17.2 Å². The lowest BCUT2D eigenvalue weighted by molar-refractivity contribution is 0.589. The Morgan fingerprint density at radius 1 is 0.750 bits per heavy atom. The Balaban J connectivity index is 2.15. The predicted molar refractivity (Wildman–Crippen MR) is 107 cm³/mol. The highest BCUT2D eigenvalue weighted by Crippen LogP contribution is 2.38. The van der Waals surface area contributed by atoms with Crippen LogP contribution in [0.15, 0.2) is 42.0 Å². The molecule has 0 heterocycles. The molecule has 0 aliphatic heterocycles. The molecule has 0 radical (unpaired) electrons. The number of fused-ring (bicyclic) bond motifs is 1. The van der Waals surface area contributed by atoms with Gasteiger partial charge in [-0.2, -0.15) is 0 Å². The summed E-state index contributed by atoms with van der Waals surface area (Å²) >= 11 is 0. The molecule has 3 rings (SSSR count). The van der Waals surface area contributed by atoms with Gasteiger partial charge in [-0.05, 0) is 57.6 Å². The van der Waals surface area contributed by atoms with Crippen LogP contribution in [0.1, 0.15) is 70.7 Å². The van der Waals surface area contributed by atoms with Gasteiger partial charge in [0.25, 0.3) is 0 Å². The summed E-state index contributed by atoms with van der Waals surface area (Å²) in [6.45, 7) is 16.0. The zero-order chi connectivity index (χ0) is 17.7. The molecule has 0 spiro atoms. The van der Waals surface area contributed by atoms with Gasteiger partial charge in [-0.1, -0.05) is 89.6 Å². The van der Waals surface area contributed by atoms with Crippen molar-refractivity contribution in [2.75, 3.05) is 0 Å². The Kier molecular flexibility index (Phi) is 3.98. The monoisotopic (exact) mass is 318 g/mol. The van der Waals surface area contributed by atoms with Gasteiger partial charge >= 0.3 is 0 Å². The van der Waals surface area contributed by atoms with Crippen LogP contribution in [0.2, 0.25) is 0 Å². The topological polar surface area (TPSA) is 0 Å². The second kappa shape index (κ2) is 5.62. The maximum Gasteiger partial charge on any atom is -0.00603 e. The molecule has 0 amide bonds. The van der Waals surface area contributed by atoms with Crippen molar-refractivity contribution < 1.29 is 0 Å². The fourth-order valence-corrected chi connectivity index (χ4v) is 3.45. The summed E-state index contributed by atoms with van der Waals surface area (Å²) in [5.41, 5.74) is 10.3. The first-order valence-electron chi connectivity index (χ1n) is 9.01. The number of allylic oxidation sites excluding steroid dienone is 1. The second-order valence-corrected chi connectivity index (χ2v) is 9.34. The van der Waals surface area contributed by atoms with Crippen LogP contribution in [0.5, 0.6) is 0 Å². The fraction of sp³-hybridized carbons (Fsp3) is 0.417. The highest BCUT2D eigenvalue weighted by Gasteiger charge is 2.22. The maximum absolute atomic E-state index is 2.41. The molecule has 24 heavy (non-hydrogen) atoms. The van der Waals surface area contributed by atoms with Crippen molar-refractivity contribution in [3.8, 4) is 11.1 Å². The first kappa shape index (κ1) is 17.0. The molecule has 0 unspecified atom stereocenters. The lowest BCUT2D eigenvalue weighted by Crippen LogP contribution is -2.12. The van der Waals surface area contributed by atoms with Gasteiger partial charge < -0.3 is 0 Å². The van der Waals surface area contributed by atoms with E-state index in [1.54, 1.807) is 0 Å². The van der Waals surface area contributed by atoms with E-state index in [4.69, 9.17) is 0 Å². The molecule has 1 aliphatic carbocycles. The number of hydrogen-bond donors (Lipinski definition) is 0. The molecular weight excluding hydrogens is 288 g/mol. The van der Waals surface area contributed by atoms with Crippen molar-refractivity contribution in [1.29, 1.82) is 0 Å². The highest BCUT2D eigenvalue weighted by atomic mass is 14.3. The summed E-state index contributed by atoms with van der Waals surface area (Å²) in [7, 11) is 0. The van der Waals surface area contributed by atoms with Crippen LogP contribution >= 0.6 is 0 Å². The van der Waals surface area contributed by atoms with E-state index in [0.29, 0.717) is 0 Å². The van der Waals surface area contributed by atoms with E-state index in [1.165, 1.54) is 39.0 Å². The van der Waals surface area contributed by atoms with E-state index in [1.807, 2.05) is 0 Å². The molecule has 0 fully saturated rings. The summed E-state index contributed by atoms with van der Waals surface area (Å²) in [6.07, 6.45) is 3.46. The Morgan fingerprint density at radius 2 is 1.33 bits per heavy atom.